The third-order valence-electron chi connectivity index (χ3n) is 5.25. The molecule has 2 aliphatic heterocycles. The molecule has 5 nitrogen and oxygen atoms in total. The standard InChI is InChI=1S/C19H21ClN2O3S2/c20-17-9-10-18(26-17)27(24,25)21-11-3-7-15(13-21)19(23)22-12-4-6-14-5-1-2-8-16(14)22/h1-2,5,8-10,15H,3-4,6-7,11-13H2. The van der Waals surface area contributed by atoms with Crippen LogP contribution in [0.15, 0.2) is 40.6 Å². The highest BCUT2D eigenvalue weighted by atomic mass is 35.5. The van der Waals surface area contributed by atoms with Crippen molar-refractivity contribution in [1.82, 2.24) is 4.31 Å². The van der Waals surface area contributed by atoms with Gasteiger partial charge >= 0.3 is 0 Å². The number of halogens is 1. The lowest BCUT2D eigenvalue weighted by molar-refractivity contribution is -0.123. The fourth-order valence-corrected chi connectivity index (χ4v) is 7.07. The fraction of sp³-hybridized carbons (Fsp3) is 0.421. The Labute approximate surface area is 168 Å². The predicted molar refractivity (Wildman–Crippen MR) is 108 cm³/mol. The van der Waals surface area contributed by atoms with Gasteiger partial charge in [0.25, 0.3) is 10.0 Å². The highest BCUT2D eigenvalue weighted by Crippen LogP contribution is 2.33. The maximum atomic E-state index is 13.2. The third-order valence-corrected chi connectivity index (χ3v) is 8.82. The Hall–Kier alpha value is -1.41. The number of amides is 1. The van der Waals surface area contributed by atoms with Crippen LogP contribution in [0.2, 0.25) is 4.34 Å². The van der Waals surface area contributed by atoms with Gasteiger partial charge in [-0.2, -0.15) is 4.31 Å². The monoisotopic (exact) mass is 424 g/mol. The molecule has 1 amide bonds. The summed E-state index contributed by atoms with van der Waals surface area (Å²) in [5, 5.41) is 0. The first-order valence-corrected chi connectivity index (χ1v) is 11.7. The lowest BCUT2D eigenvalue weighted by Gasteiger charge is -2.36. The van der Waals surface area contributed by atoms with Gasteiger partial charge < -0.3 is 4.90 Å². The van der Waals surface area contributed by atoms with E-state index >= 15 is 0 Å². The van der Waals surface area contributed by atoms with Gasteiger partial charge in [0.2, 0.25) is 5.91 Å². The second-order valence-electron chi connectivity index (χ2n) is 6.98. The van der Waals surface area contributed by atoms with Gasteiger partial charge in [0, 0.05) is 25.3 Å². The average molecular weight is 425 g/mol. The van der Waals surface area contributed by atoms with Crippen LogP contribution in [0.3, 0.4) is 0 Å². The van der Waals surface area contributed by atoms with Crippen molar-refractivity contribution in [2.75, 3.05) is 24.5 Å². The minimum atomic E-state index is -3.60. The first-order valence-electron chi connectivity index (χ1n) is 9.11. The Morgan fingerprint density at radius 1 is 1.11 bits per heavy atom. The molecule has 0 spiro atoms. The van der Waals surface area contributed by atoms with Crippen LogP contribution in [-0.4, -0.2) is 38.3 Å². The normalized spacial score (nSPS) is 21.1. The highest BCUT2D eigenvalue weighted by Gasteiger charge is 2.36. The van der Waals surface area contributed by atoms with E-state index in [0.29, 0.717) is 30.3 Å². The number of carbonyl (C=O) groups excluding carboxylic acids is 1. The fourth-order valence-electron chi connectivity index (χ4n) is 3.91. The van der Waals surface area contributed by atoms with Gasteiger partial charge in [0.1, 0.15) is 4.21 Å². The van der Waals surface area contributed by atoms with Gasteiger partial charge in [-0.25, -0.2) is 8.42 Å². The van der Waals surface area contributed by atoms with Gasteiger partial charge in [0.15, 0.2) is 0 Å². The van der Waals surface area contributed by atoms with E-state index in [1.54, 1.807) is 6.07 Å². The number of sulfonamides is 1. The molecule has 0 N–H and O–H groups in total. The maximum Gasteiger partial charge on any atom is 0.252 e. The minimum absolute atomic E-state index is 0.0336. The molecule has 0 saturated carbocycles. The van der Waals surface area contributed by atoms with Crippen molar-refractivity contribution < 1.29 is 13.2 Å². The molecule has 144 valence electrons. The second-order valence-corrected chi connectivity index (χ2v) is 10.9. The summed E-state index contributed by atoms with van der Waals surface area (Å²) in [7, 11) is -3.60. The minimum Gasteiger partial charge on any atom is -0.312 e. The summed E-state index contributed by atoms with van der Waals surface area (Å²) >= 11 is 6.97. The number of anilines is 1. The molecular weight excluding hydrogens is 404 g/mol. The quantitative estimate of drug-likeness (QED) is 0.753. The van der Waals surface area contributed by atoms with Crippen molar-refractivity contribution in [3.8, 4) is 0 Å². The van der Waals surface area contributed by atoms with Crippen molar-refractivity contribution in [2.45, 2.75) is 29.9 Å². The van der Waals surface area contributed by atoms with Crippen LogP contribution >= 0.6 is 22.9 Å². The largest absolute Gasteiger partial charge is 0.312 e. The number of para-hydroxylation sites is 1. The van der Waals surface area contributed by atoms with Crippen LogP contribution in [0.5, 0.6) is 0 Å². The first-order chi connectivity index (χ1) is 13.0. The van der Waals surface area contributed by atoms with Gasteiger partial charge in [-0.1, -0.05) is 29.8 Å². The second kappa shape index (κ2) is 7.54. The average Bonchev–Trinajstić information content (AvgIpc) is 3.14. The van der Waals surface area contributed by atoms with E-state index in [4.69, 9.17) is 11.6 Å². The molecule has 8 heteroatoms. The maximum absolute atomic E-state index is 13.2. The number of piperidine rings is 1. The Morgan fingerprint density at radius 3 is 2.70 bits per heavy atom. The summed E-state index contributed by atoms with van der Waals surface area (Å²) in [6.07, 6.45) is 3.31. The lowest BCUT2D eigenvalue weighted by Crippen LogP contribution is -2.47. The topological polar surface area (TPSA) is 57.7 Å². The zero-order valence-electron chi connectivity index (χ0n) is 14.8. The molecule has 3 heterocycles. The zero-order chi connectivity index (χ0) is 19.0. The van der Waals surface area contributed by atoms with Crippen LogP contribution in [0, 0.1) is 5.92 Å². The number of hydrogen-bond acceptors (Lipinski definition) is 4. The van der Waals surface area contributed by atoms with E-state index < -0.39 is 10.0 Å². The third kappa shape index (κ3) is 3.66. The molecule has 1 aromatic heterocycles. The molecule has 0 bridgehead atoms. The molecule has 27 heavy (non-hydrogen) atoms. The van der Waals surface area contributed by atoms with Crippen LogP contribution in [0.25, 0.3) is 0 Å². The van der Waals surface area contributed by atoms with E-state index in [1.165, 1.54) is 15.9 Å². The summed E-state index contributed by atoms with van der Waals surface area (Å²) in [5.41, 5.74) is 2.16. The van der Waals surface area contributed by atoms with Crippen molar-refractivity contribution in [2.24, 2.45) is 5.92 Å². The van der Waals surface area contributed by atoms with Crippen LogP contribution < -0.4 is 4.90 Å². The molecule has 1 atom stereocenters. The summed E-state index contributed by atoms with van der Waals surface area (Å²) in [5.74, 6) is -0.277. The zero-order valence-corrected chi connectivity index (χ0v) is 17.2. The van der Waals surface area contributed by atoms with E-state index in [0.717, 1.165) is 29.9 Å². The molecule has 0 aliphatic carbocycles. The van der Waals surface area contributed by atoms with E-state index in [2.05, 4.69) is 6.07 Å². The molecular formula is C19H21ClN2O3S2. The first kappa shape index (κ1) is 18.9. The van der Waals surface area contributed by atoms with E-state index in [9.17, 15) is 13.2 Å². The Kier molecular flexibility index (Phi) is 5.29. The summed E-state index contributed by atoms with van der Waals surface area (Å²) in [6, 6.07) is 11.1. The van der Waals surface area contributed by atoms with Crippen LogP contribution in [0.1, 0.15) is 24.8 Å². The SMILES string of the molecule is O=C(C1CCCN(S(=O)(=O)c2ccc(Cl)s2)C1)N1CCCc2ccccc21. The predicted octanol–water partition coefficient (Wildman–Crippen LogP) is 3.78. The molecule has 4 rings (SSSR count). The highest BCUT2D eigenvalue weighted by molar-refractivity contribution is 7.91. The van der Waals surface area contributed by atoms with Crippen molar-refractivity contribution >= 4 is 44.6 Å². The van der Waals surface area contributed by atoms with Gasteiger partial charge in [-0.15, -0.1) is 11.3 Å². The van der Waals surface area contributed by atoms with Gasteiger partial charge in [-0.3, -0.25) is 4.79 Å². The number of fused-ring (bicyclic) bond motifs is 1. The number of hydrogen-bond donors (Lipinski definition) is 0. The van der Waals surface area contributed by atoms with Crippen LogP contribution in [0.4, 0.5) is 5.69 Å². The summed E-state index contributed by atoms with van der Waals surface area (Å²) in [6.45, 7) is 1.37. The van der Waals surface area contributed by atoms with Gasteiger partial charge in [-0.05, 0) is 49.4 Å². The number of nitrogens with zero attached hydrogens (tertiary/aromatic N) is 2. The summed E-state index contributed by atoms with van der Waals surface area (Å²) in [4.78, 5) is 15.1. The van der Waals surface area contributed by atoms with Crippen molar-refractivity contribution in [3.05, 3.63) is 46.3 Å². The molecule has 1 aromatic carbocycles. The van der Waals surface area contributed by atoms with Crippen molar-refractivity contribution in [1.29, 1.82) is 0 Å². The molecule has 1 unspecified atom stereocenters. The number of carbonyl (C=O) groups is 1. The lowest BCUT2D eigenvalue weighted by atomic mass is 9.95. The smallest absolute Gasteiger partial charge is 0.252 e. The Balaban J connectivity index is 1.54. The summed E-state index contributed by atoms with van der Waals surface area (Å²) < 4.78 is 27.9. The Morgan fingerprint density at radius 2 is 1.93 bits per heavy atom. The number of thiophene rings is 1. The molecule has 2 aromatic rings. The molecule has 2 aliphatic rings. The van der Waals surface area contributed by atoms with Crippen LogP contribution in [-0.2, 0) is 21.2 Å². The number of rotatable bonds is 3. The number of aryl methyl sites for hydroxylation is 1. The van der Waals surface area contributed by atoms with E-state index in [1.807, 2.05) is 23.1 Å². The molecule has 1 saturated heterocycles. The van der Waals surface area contributed by atoms with Crippen molar-refractivity contribution in [3.63, 3.8) is 0 Å². The number of benzene rings is 1. The molecule has 1 fully saturated rings. The van der Waals surface area contributed by atoms with Gasteiger partial charge in [0.05, 0.1) is 10.3 Å². The Bertz CT molecular complexity index is 957. The van der Waals surface area contributed by atoms with E-state index in [-0.39, 0.29) is 22.6 Å². The molecule has 0 radical (unpaired) electrons.